The van der Waals surface area contributed by atoms with Gasteiger partial charge in [0.15, 0.2) is 5.65 Å². The van der Waals surface area contributed by atoms with Crippen molar-refractivity contribution in [2.75, 3.05) is 54.4 Å². The summed E-state index contributed by atoms with van der Waals surface area (Å²) < 4.78 is 44.5. The molecule has 0 bridgehead atoms. The van der Waals surface area contributed by atoms with Gasteiger partial charge in [-0.1, -0.05) is 0 Å². The fourth-order valence-electron chi connectivity index (χ4n) is 5.55. The molecule has 0 unspecified atom stereocenters. The van der Waals surface area contributed by atoms with Crippen LogP contribution < -0.4 is 15.1 Å². The van der Waals surface area contributed by atoms with E-state index >= 15 is 0 Å². The van der Waals surface area contributed by atoms with Gasteiger partial charge in [-0.2, -0.15) is 5.10 Å². The number of aliphatic hydroxyl groups is 1. The van der Waals surface area contributed by atoms with Gasteiger partial charge >= 0.3 is 0 Å². The van der Waals surface area contributed by atoms with Gasteiger partial charge in [-0.05, 0) is 48.5 Å². The molecule has 2 aliphatic heterocycles. The number of nitrogens with one attached hydrogen (secondary N) is 1. The Bertz CT molecular complexity index is 1620. The van der Waals surface area contributed by atoms with Crippen molar-refractivity contribution < 1.29 is 27.9 Å². The molecular weight excluding hydrogens is 551 g/mol. The molecule has 4 heterocycles. The Morgan fingerprint density at radius 3 is 2.52 bits per heavy atom. The Morgan fingerprint density at radius 2 is 1.79 bits per heavy atom. The van der Waals surface area contributed by atoms with Crippen molar-refractivity contribution in [3.63, 3.8) is 0 Å². The number of anilines is 3. The lowest BCUT2D eigenvalue weighted by atomic mass is 10.0. The first kappa shape index (κ1) is 27.5. The second-order valence-corrected chi connectivity index (χ2v) is 10.3. The Kier molecular flexibility index (Phi) is 7.42. The molecule has 218 valence electrons. The van der Waals surface area contributed by atoms with Crippen LogP contribution in [0.3, 0.4) is 0 Å². The highest BCUT2D eigenvalue weighted by Gasteiger charge is 2.36. The molecule has 2 fully saturated rings. The Balaban J connectivity index is 1.18. The van der Waals surface area contributed by atoms with Crippen molar-refractivity contribution >= 4 is 34.7 Å². The first-order valence-corrected chi connectivity index (χ1v) is 13.6. The van der Waals surface area contributed by atoms with Crippen molar-refractivity contribution in [2.45, 2.75) is 18.6 Å². The van der Waals surface area contributed by atoms with Gasteiger partial charge in [-0.3, -0.25) is 9.59 Å². The zero-order valence-corrected chi connectivity index (χ0v) is 22.5. The van der Waals surface area contributed by atoms with E-state index in [4.69, 9.17) is 5.11 Å². The van der Waals surface area contributed by atoms with Crippen LogP contribution in [-0.4, -0.2) is 81.9 Å². The summed E-state index contributed by atoms with van der Waals surface area (Å²) in [7, 11) is 0. The summed E-state index contributed by atoms with van der Waals surface area (Å²) in [4.78, 5) is 34.8. The molecule has 2 atom stereocenters. The predicted molar refractivity (Wildman–Crippen MR) is 149 cm³/mol. The maximum Gasteiger partial charge on any atom is 0.261 e. The van der Waals surface area contributed by atoms with Crippen LogP contribution >= 0.6 is 0 Å². The summed E-state index contributed by atoms with van der Waals surface area (Å²) in [6.45, 7) is 1.73. The highest BCUT2D eigenvalue weighted by molar-refractivity contribution is 6.08. The average Bonchev–Trinajstić information content (AvgIpc) is 3.61. The van der Waals surface area contributed by atoms with Crippen LogP contribution in [0, 0.1) is 11.6 Å². The van der Waals surface area contributed by atoms with E-state index in [1.165, 1.54) is 10.7 Å². The van der Waals surface area contributed by atoms with Gasteiger partial charge in [-0.15, -0.1) is 0 Å². The van der Waals surface area contributed by atoms with E-state index in [1.54, 1.807) is 34.2 Å². The number of amides is 2. The minimum absolute atomic E-state index is 0.0215. The average molecular weight is 580 g/mol. The van der Waals surface area contributed by atoms with Crippen molar-refractivity contribution in [1.29, 1.82) is 0 Å². The van der Waals surface area contributed by atoms with Crippen molar-refractivity contribution in [3.05, 3.63) is 83.7 Å². The molecular formula is C29H28F3N7O3. The second kappa shape index (κ2) is 11.3. The minimum atomic E-state index is -1.27. The van der Waals surface area contributed by atoms with Gasteiger partial charge in [0.2, 0.25) is 5.91 Å². The lowest BCUT2D eigenvalue weighted by Gasteiger charge is -2.35. The van der Waals surface area contributed by atoms with Gasteiger partial charge in [0.05, 0.1) is 18.8 Å². The monoisotopic (exact) mass is 579 g/mol. The van der Waals surface area contributed by atoms with Crippen LogP contribution in [0.2, 0.25) is 0 Å². The van der Waals surface area contributed by atoms with Crippen LogP contribution in [0.15, 0.2) is 60.9 Å². The summed E-state index contributed by atoms with van der Waals surface area (Å²) in [6, 6.07) is 11.2. The normalized spacial score (nSPS) is 19.0. The number of hydrogen-bond acceptors (Lipinski definition) is 7. The van der Waals surface area contributed by atoms with E-state index in [2.05, 4.69) is 20.3 Å². The number of benzene rings is 2. The van der Waals surface area contributed by atoms with Crippen LogP contribution in [-0.2, 0) is 4.79 Å². The maximum absolute atomic E-state index is 14.6. The van der Waals surface area contributed by atoms with E-state index in [-0.39, 0.29) is 35.6 Å². The van der Waals surface area contributed by atoms with Gasteiger partial charge < -0.3 is 25.1 Å². The van der Waals surface area contributed by atoms with E-state index < -0.39 is 36.4 Å². The third kappa shape index (κ3) is 5.34. The summed E-state index contributed by atoms with van der Waals surface area (Å²) in [5.41, 5.74) is 1.96. The number of alkyl halides is 1. The van der Waals surface area contributed by atoms with Gasteiger partial charge in [0.25, 0.3) is 5.91 Å². The van der Waals surface area contributed by atoms with Crippen LogP contribution in [0.4, 0.5) is 30.4 Å². The number of rotatable bonds is 6. The molecule has 2 aromatic carbocycles. The Labute approximate surface area is 239 Å². The summed E-state index contributed by atoms with van der Waals surface area (Å²) >= 11 is 0. The van der Waals surface area contributed by atoms with E-state index in [1.807, 2.05) is 12.1 Å². The molecule has 2 saturated heterocycles. The van der Waals surface area contributed by atoms with Crippen LogP contribution in [0.25, 0.3) is 5.65 Å². The van der Waals surface area contributed by atoms with E-state index in [0.717, 1.165) is 23.9 Å². The Morgan fingerprint density at radius 1 is 1.02 bits per heavy atom. The number of piperazine rings is 1. The van der Waals surface area contributed by atoms with Gasteiger partial charge in [-0.25, -0.2) is 22.7 Å². The van der Waals surface area contributed by atoms with Crippen LogP contribution in [0.5, 0.6) is 0 Å². The molecule has 13 heteroatoms. The number of fused-ring (bicyclic) bond motifs is 1. The molecule has 0 saturated carbocycles. The molecule has 4 aromatic rings. The molecule has 2 N–H and O–H groups in total. The fraction of sp³-hybridized carbons (Fsp3) is 0.310. The first-order valence-electron chi connectivity index (χ1n) is 13.6. The zero-order chi connectivity index (χ0) is 29.4. The van der Waals surface area contributed by atoms with Crippen molar-refractivity contribution in [3.8, 4) is 0 Å². The van der Waals surface area contributed by atoms with Crippen molar-refractivity contribution in [1.82, 2.24) is 19.5 Å². The molecule has 2 aromatic heterocycles. The topological polar surface area (TPSA) is 106 Å². The molecule has 6 rings (SSSR count). The minimum Gasteiger partial charge on any atom is -0.387 e. The largest absolute Gasteiger partial charge is 0.387 e. The smallest absolute Gasteiger partial charge is 0.261 e. The summed E-state index contributed by atoms with van der Waals surface area (Å²) in [5, 5.41) is 16.1. The molecule has 10 nitrogen and oxygen atoms in total. The predicted octanol–water partition coefficient (Wildman–Crippen LogP) is 3.19. The zero-order valence-electron chi connectivity index (χ0n) is 22.5. The third-order valence-corrected chi connectivity index (χ3v) is 7.72. The van der Waals surface area contributed by atoms with Gasteiger partial charge in [0.1, 0.15) is 35.8 Å². The van der Waals surface area contributed by atoms with Gasteiger partial charge in [0, 0.05) is 55.7 Å². The molecule has 2 amide bonds. The molecule has 2 aliphatic rings. The number of hydrogen-bond donors (Lipinski definition) is 2. The van der Waals surface area contributed by atoms with Crippen molar-refractivity contribution in [2.24, 2.45) is 0 Å². The first-order chi connectivity index (χ1) is 20.3. The number of aliphatic hydroxyl groups excluding tert-OH is 1. The highest BCUT2D eigenvalue weighted by atomic mass is 19.1. The highest BCUT2D eigenvalue weighted by Crippen LogP contribution is 2.38. The lowest BCUT2D eigenvalue weighted by molar-refractivity contribution is -0.134. The molecule has 0 aliphatic carbocycles. The standard InChI is InChI=1S/C29H28F3N7O3/c30-18-1-6-24(32)22(13-18)25-14-19(31)16-38(25)26-7-8-39-28(35-26)23(15-33-39)29(42)34-20-2-4-21(5-3-20)36-9-11-37(12-10-36)27(41)17-40/h1-8,13,15,19,25,40H,9-12,14,16-17H2,(H,34,42)/t19-,25+/m0/s1. The summed E-state index contributed by atoms with van der Waals surface area (Å²) in [5.74, 6) is -1.66. The lowest BCUT2D eigenvalue weighted by Crippen LogP contribution is -2.49. The van der Waals surface area contributed by atoms with E-state index in [9.17, 15) is 22.8 Å². The number of carbonyl (C=O) groups is 2. The number of halogens is 3. The fourth-order valence-corrected chi connectivity index (χ4v) is 5.55. The number of carbonyl (C=O) groups excluding carboxylic acids is 2. The number of nitrogens with zero attached hydrogens (tertiary/aromatic N) is 6. The molecule has 0 radical (unpaired) electrons. The quantitative estimate of drug-likeness (QED) is 0.362. The maximum atomic E-state index is 14.6. The SMILES string of the molecule is O=C(Nc1ccc(N2CCN(C(=O)CO)CC2)cc1)c1cnn2ccc(N3C[C@@H](F)C[C@@H]3c3cc(F)ccc3F)nc12. The Hall–Kier alpha value is -4.65. The molecule has 0 spiro atoms. The third-order valence-electron chi connectivity index (χ3n) is 7.72. The molecule has 42 heavy (non-hydrogen) atoms. The second-order valence-electron chi connectivity index (χ2n) is 10.3. The van der Waals surface area contributed by atoms with Crippen LogP contribution in [0.1, 0.15) is 28.4 Å². The number of aromatic nitrogens is 3. The van der Waals surface area contributed by atoms with E-state index in [0.29, 0.717) is 37.7 Å². The summed E-state index contributed by atoms with van der Waals surface area (Å²) in [6.07, 6.45) is 1.68.